The Labute approximate surface area is 228 Å². The maximum Gasteiger partial charge on any atom is 0.408 e. The largest absolute Gasteiger partial charge is 0.408 e. The van der Waals surface area contributed by atoms with Crippen LogP contribution in [0.5, 0.6) is 0 Å². The summed E-state index contributed by atoms with van der Waals surface area (Å²) >= 11 is 5.48. The molecule has 2 amide bonds. The fourth-order valence-corrected chi connectivity index (χ4v) is 4.74. The van der Waals surface area contributed by atoms with Gasteiger partial charge in [-0.2, -0.15) is 13.2 Å². The highest BCUT2D eigenvalue weighted by Crippen LogP contribution is 2.30. The molecule has 0 aliphatic carbocycles. The Balaban J connectivity index is 1.94. The molecule has 39 heavy (non-hydrogen) atoms. The third-order valence-corrected chi connectivity index (χ3v) is 7.26. The van der Waals surface area contributed by atoms with E-state index in [4.69, 9.17) is 17.0 Å². The zero-order valence-corrected chi connectivity index (χ0v) is 22.7. The molecule has 0 spiro atoms. The number of nitrogens with zero attached hydrogens (tertiary/aromatic N) is 3. The summed E-state index contributed by atoms with van der Waals surface area (Å²) in [6.07, 6.45) is -4.14. The number of aromatic nitrogens is 1. The Morgan fingerprint density at radius 3 is 2.46 bits per heavy atom. The van der Waals surface area contributed by atoms with Crippen molar-refractivity contribution in [2.24, 2.45) is 4.99 Å². The average Bonchev–Trinajstić information content (AvgIpc) is 3.32. The van der Waals surface area contributed by atoms with Crippen LogP contribution in [0.3, 0.4) is 0 Å². The smallest absolute Gasteiger partial charge is 0.381 e. The predicted octanol–water partition coefficient (Wildman–Crippen LogP) is 4.24. The number of thiocarbonyl (C=S) groups is 1. The van der Waals surface area contributed by atoms with Crippen LogP contribution in [-0.4, -0.2) is 82.4 Å². The number of anilines is 1. The lowest BCUT2D eigenvalue weighted by Gasteiger charge is -2.27. The van der Waals surface area contributed by atoms with Crippen LogP contribution in [0.4, 0.5) is 27.8 Å². The Morgan fingerprint density at radius 2 is 1.90 bits per heavy atom. The zero-order chi connectivity index (χ0) is 28.9. The van der Waals surface area contributed by atoms with Gasteiger partial charge in [-0.25, -0.2) is 13.8 Å². The number of pyridine rings is 1. The summed E-state index contributed by atoms with van der Waals surface area (Å²) in [7, 11) is 0. The van der Waals surface area contributed by atoms with Crippen LogP contribution >= 0.6 is 12.2 Å². The third kappa shape index (κ3) is 7.90. The van der Waals surface area contributed by atoms with E-state index in [0.29, 0.717) is 32.6 Å². The van der Waals surface area contributed by atoms with Crippen molar-refractivity contribution in [3.63, 3.8) is 0 Å². The van der Waals surface area contributed by atoms with Gasteiger partial charge in [0.15, 0.2) is 6.04 Å². The van der Waals surface area contributed by atoms with Gasteiger partial charge in [0, 0.05) is 49.2 Å². The van der Waals surface area contributed by atoms with Crippen LogP contribution < -0.4 is 10.6 Å². The molecule has 2 fully saturated rings. The van der Waals surface area contributed by atoms with Crippen LogP contribution in [0.25, 0.3) is 0 Å². The van der Waals surface area contributed by atoms with E-state index in [1.54, 1.807) is 4.90 Å². The topological polar surface area (TPSA) is 95.9 Å². The number of likely N-dealkylation sites (tertiary alicyclic amines) is 1. The molecule has 14 heteroatoms. The van der Waals surface area contributed by atoms with E-state index < -0.39 is 47.9 Å². The molecular formula is C25H32F5N5O3S. The lowest BCUT2D eigenvalue weighted by Crippen LogP contribution is -2.46. The second kappa shape index (κ2) is 13.1. The van der Waals surface area contributed by atoms with E-state index in [9.17, 15) is 31.5 Å². The molecule has 3 atom stereocenters. The SMILES string of the molecule is CC(=NC(C(=O)N1CCC[C@@H]1C)C(=S)c1cnc(N[C@@H](C)C(F)(F)F)cc1C(F)F)C(=O)NC1CCOCC1. The first-order valence-corrected chi connectivity index (χ1v) is 13.1. The molecule has 3 heterocycles. The van der Waals surface area contributed by atoms with E-state index in [1.165, 1.54) is 6.92 Å². The Kier molecular flexibility index (Phi) is 10.3. The van der Waals surface area contributed by atoms with Crippen molar-refractivity contribution in [2.75, 3.05) is 25.1 Å². The molecule has 1 aromatic heterocycles. The second-order valence-corrected chi connectivity index (χ2v) is 10.2. The number of hydrogen-bond donors (Lipinski definition) is 2. The molecule has 8 nitrogen and oxygen atoms in total. The van der Waals surface area contributed by atoms with E-state index >= 15 is 0 Å². The molecule has 0 bridgehead atoms. The third-order valence-electron chi connectivity index (χ3n) is 6.82. The molecule has 2 aliphatic rings. The normalized spacial score (nSPS) is 20.6. The van der Waals surface area contributed by atoms with Crippen LogP contribution in [0.15, 0.2) is 17.3 Å². The van der Waals surface area contributed by atoms with Gasteiger partial charge in [-0.15, -0.1) is 0 Å². The van der Waals surface area contributed by atoms with Crippen molar-refractivity contribution in [3.05, 3.63) is 23.4 Å². The first-order valence-electron chi connectivity index (χ1n) is 12.7. The number of nitrogens with one attached hydrogen (secondary N) is 2. The van der Waals surface area contributed by atoms with Gasteiger partial charge in [0.1, 0.15) is 11.9 Å². The van der Waals surface area contributed by atoms with Crippen LogP contribution in [0.2, 0.25) is 0 Å². The van der Waals surface area contributed by atoms with E-state index in [2.05, 4.69) is 20.6 Å². The lowest BCUT2D eigenvalue weighted by atomic mass is 10.0. The molecule has 2 aliphatic heterocycles. The lowest BCUT2D eigenvalue weighted by molar-refractivity contribution is -0.138. The van der Waals surface area contributed by atoms with E-state index in [-0.39, 0.29) is 28.2 Å². The summed E-state index contributed by atoms with van der Waals surface area (Å²) in [5.74, 6) is -1.49. The Morgan fingerprint density at radius 1 is 1.23 bits per heavy atom. The van der Waals surface area contributed by atoms with Crippen molar-refractivity contribution in [1.29, 1.82) is 0 Å². The fourth-order valence-electron chi connectivity index (χ4n) is 4.42. The highest BCUT2D eigenvalue weighted by Gasteiger charge is 2.38. The minimum absolute atomic E-state index is 0.0575. The van der Waals surface area contributed by atoms with Gasteiger partial charge in [0.2, 0.25) is 0 Å². The Hall–Kier alpha value is -2.74. The fraction of sp³-hybridized carbons (Fsp3) is 0.640. The van der Waals surface area contributed by atoms with Gasteiger partial charge >= 0.3 is 6.18 Å². The van der Waals surface area contributed by atoms with Gasteiger partial charge < -0.3 is 20.3 Å². The molecule has 2 N–H and O–H groups in total. The number of ether oxygens (including phenoxy) is 1. The highest BCUT2D eigenvalue weighted by atomic mass is 32.1. The van der Waals surface area contributed by atoms with Gasteiger partial charge in [0.25, 0.3) is 18.2 Å². The first kappa shape index (κ1) is 30.8. The maximum absolute atomic E-state index is 14.1. The summed E-state index contributed by atoms with van der Waals surface area (Å²) in [6, 6.07) is -3.01. The predicted molar refractivity (Wildman–Crippen MR) is 139 cm³/mol. The van der Waals surface area contributed by atoms with Gasteiger partial charge in [0.05, 0.1) is 10.6 Å². The number of rotatable bonds is 9. The van der Waals surface area contributed by atoms with Crippen LogP contribution in [0.1, 0.15) is 64.0 Å². The molecule has 0 aromatic carbocycles. The summed E-state index contributed by atoms with van der Waals surface area (Å²) < 4.78 is 72.3. The monoisotopic (exact) mass is 577 g/mol. The first-order chi connectivity index (χ1) is 18.3. The summed E-state index contributed by atoms with van der Waals surface area (Å²) in [5.41, 5.74) is -1.05. The summed E-state index contributed by atoms with van der Waals surface area (Å²) in [4.78, 5) is 35.8. The molecular weight excluding hydrogens is 545 g/mol. The Bertz CT molecular complexity index is 1090. The van der Waals surface area contributed by atoms with Gasteiger partial charge in [-0.3, -0.25) is 14.6 Å². The molecule has 1 aromatic rings. The molecule has 1 unspecified atom stereocenters. The van der Waals surface area contributed by atoms with Crippen molar-refractivity contribution in [3.8, 4) is 0 Å². The number of aliphatic imine (C=N–C) groups is 1. The van der Waals surface area contributed by atoms with Crippen LogP contribution in [0, 0.1) is 0 Å². The average molecular weight is 578 g/mol. The summed E-state index contributed by atoms with van der Waals surface area (Å²) in [6.45, 7) is 5.48. The number of alkyl halides is 5. The molecule has 216 valence electrons. The second-order valence-electron chi connectivity index (χ2n) is 9.73. The minimum atomic E-state index is -4.62. The quantitative estimate of drug-likeness (QED) is 0.197. The maximum atomic E-state index is 14.1. The van der Waals surface area contributed by atoms with Crippen molar-refractivity contribution in [2.45, 2.75) is 83.2 Å². The molecule has 0 radical (unpaired) electrons. The number of amides is 2. The van der Waals surface area contributed by atoms with Crippen molar-refractivity contribution in [1.82, 2.24) is 15.2 Å². The van der Waals surface area contributed by atoms with Gasteiger partial charge in [-0.1, -0.05) is 12.2 Å². The van der Waals surface area contributed by atoms with Gasteiger partial charge in [-0.05, 0) is 52.5 Å². The zero-order valence-electron chi connectivity index (χ0n) is 21.9. The van der Waals surface area contributed by atoms with Crippen molar-refractivity contribution >= 4 is 40.4 Å². The van der Waals surface area contributed by atoms with E-state index in [0.717, 1.165) is 32.0 Å². The highest BCUT2D eigenvalue weighted by molar-refractivity contribution is 7.81. The molecule has 0 saturated carbocycles. The number of halogens is 5. The van der Waals surface area contributed by atoms with E-state index in [1.807, 2.05) is 6.92 Å². The molecule has 3 rings (SSSR count). The van der Waals surface area contributed by atoms with Crippen LogP contribution in [-0.2, 0) is 14.3 Å². The summed E-state index contributed by atoms with van der Waals surface area (Å²) in [5, 5.41) is 4.89. The molecule has 2 saturated heterocycles. The minimum Gasteiger partial charge on any atom is -0.381 e. The number of hydrogen-bond acceptors (Lipinski definition) is 7. The standard InChI is InChI=1S/C25H32F5N5O3S/c1-13-5-4-8-35(13)24(37)20(32-14(2)23(36)34-16-6-9-38-10-7-16)21(39)18-12-31-19(11-17(18)22(26)27)33-15(3)25(28,29)30/h11-13,15-16,20,22H,4-10H2,1-3H3,(H,31,33)(H,34,36)/t13-,15-,20?/m0/s1. The number of carbonyl (C=O) groups is 2. The van der Waals surface area contributed by atoms with Crippen molar-refractivity contribution < 1.29 is 36.3 Å². The number of carbonyl (C=O) groups excluding carboxylic acids is 2.